The molecule has 2 bridgehead atoms. The predicted molar refractivity (Wildman–Crippen MR) is 75.8 cm³/mol. The Morgan fingerprint density at radius 3 is 2.63 bits per heavy atom. The Labute approximate surface area is 115 Å². The highest BCUT2D eigenvalue weighted by Gasteiger charge is 2.32. The zero-order chi connectivity index (χ0) is 13.7. The van der Waals surface area contributed by atoms with E-state index < -0.39 is 0 Å². The van der Waals surface area contributed by atoms with Crippen LogP contribution in [0.3, 0.4) is 0 Å². The van der Waals surface area contributed by atoms with Gasteiger partial charge in [0, 0.05) is 32.2 Å². The molecule has 0 aromatic heterocycles. The van der Waals surface area contributed by atoms with Crippen LogP contribution in [0.25, 0.3) is 0 Å². The molecule has 3 rings (SSSR count). The molecule has 106 valence electrons. The number of amides is 1. The van der Waals surface area contributed by atoms with Crippen molar-refractivity contribution in [2.24, 2.45) is 0 Å². The molecule has 0 saturated carbocycles. The highest BCUT2D eigenvalue weighted by molar-refractivity contribution is 5.69. The van der Waals surface area contributed by atoms with Gasteiger partial charge in [-0.2, -0.15) is 0 Å². The van der Waals surface area contributed by atoms with Crippen LogP contribution in [-0.2, 0) is 4.74 Å². The fraction of sp³-hybridized carbons (Fsp3) is 0.667. The van der Waals surface area contributed by atoms with Crippen LogP contribution >= 0.6 is 0 Å². The van der Waals surface area contributed by atoms with Crippen molar-refractivity contribution in [2.75, 3.05) is 26.2 Å². The first-order valence-corrected chi connectivity index (χ1v) is 7.28. The Balaban J connectivity index is 2.00. The van der Waals surface area contributed by atoms with Crippen molar-refractivity contribution < 1.29 is 9.53 Å². The zero-order valence-corrected chi connectivity index (χ0v) is 12.0. The topological polar surface area (TPSA) is 32.8 Å². The minimum Gasteiger partial charge on any atom is -0.411 e. The van der Waals surface area contributed by atoms with Gasteiger partial charge in [-0.1, -0.05) is 13.0 Å². The molecule has 0 aromatic carbocycles. The summed E-state index contributed by atoms with van der Waals surface area (Å²) < 4.78 is 5.52. The molecule has 0 atom stereocenters. The Bertz CT molecular complexity index is 368. The summed E-state index contributed by atoms with van der Waals surface area (Å²) in [6.07, 6.45) is 8.51. The van der Waals surface area contributed by atoms with Crippen molar-refractivity contribution in [3.63, 3.8) is 0 Å². The number of rotatable bonds is 3. The average Bonchev–Trinajstić information content (AvgIpc) is 2.72. The summed E-state index contributed by atoms with van der Waals surface area (Å²) in [5, 5.41) is 0. The number of carbonyl (C=O) groups is 1. The molecule has 4 heteroatoms. The SMILES string of the molecule is C/C=C\C(=C/CC)OC(=O)N1CCN2CCC1CC2. The maximum absolute atomic E-state index is 12.3. The van der Waals surface area contributed by atoms with E-state index in [1.54, 1.807) is 0 Å². The van der Waals surface area contributed by atoms with Crippen LogP contribution in [0.1, 0.15) is 33.1 Å². The summed E-state index contributed by atoms with van der Waals surface area (Å²) in [7, 11) is 0. The monoisotopic (exact) mass is 264 g/mol. The molecule has 1 amide bonds. The summed E-state index contributed by atoms with van der Waals surface area (Å²) in [5.41, 5.74) is 0. The normalized spacial score (nSPS) is 27.7. The molecule has 0 spiro atoms. The number of hydrogen-bond donors (Lipinski definition) is 0. The van der Waals surface area contributed by atoms with Crippen molar-refractivity contribution >= 4 is 6.09 Å². The van der Waals surface area contributed by atoms with E-state index in [-0.39, 0.29) is 6.09 Å². The summed E-state index contributed by atoms with van der Waals surface area (Å²) in [4.78, 5) is 16.7. The molecule has 0 unspecified atom stereocenters. The summed E-state index contributed by atoms with van der Waals surface area (Å²) in [6, 6.07) is 0.361. The van der Waals surface area contributed by atoms with Gasteiger partial charge in [-0.25, -0.2) is 4.79 Å². The third-order valence-corrected chi connectivity index (χ3v) is 3.83. The standard InChI is InChI=1S/C15H24N2O2/c1-3-5-14(6-4-2)19-15(18)17-12-11-16-9-7-13(17)8-10-16/h3,5-6,13H,4,7-12H2,1-2H3/b5-3-,14-6+. The number of fused-ring (bicyclic) bond motifs is 4. The molecule has 3 aliphatic heterocycles. The van der Waals surface area contributed by atoms with Gasteiger partial charge in [-0.3, -0.25) is 0 Å². The maximum atomic E-state index is 12.3. The molecule has 19 heavy (non-hydrogen) atoms. The number of hydrogen-bond acceptors (Lipinski definition) is 3. The molecule has 0 N–H and O–H groups in total. The average molecular weight is 264 g/mol. The zero-order valence-electron chi connectivity index (χ0n) is 12.0. The molecule has 0 aliphatic carbocycles. The van der Waals surface area contributed by atoms with Crippen molar-refractivity contribution in [3.8, 4) is 0 Å². The lowest BCUT2D eigenvalue weighted by molar-refractivity contribution is 0.112. The molecule has 4 nitrogen and oxygen atoms in total. The van der Waals surface area contributed by atoms with Crippen molar-refractivity contribution in [3.05, 3.63) is 24.0 Å². The fourth-order valence-corrected chi connectivity index (χ4v) is 2.80. The molecule has 3 fully saturated rings. The highest BCUT2D eigenvalue weighted by atomic mass is 16.6. The van der Waals surface area contributed by atoms with Crippen molar-refractivity contribution in [2.45, 2.75) is 39.2 Å². The van der Waals surface area contributed by atoms with Crippen LogP contribution in [0.15, 0.2) is 24.0 Å². The van der Waals surface area contributed by atoms with Gasteiger partial charge in [0.25, 0.3) is 0 Å². The number of piperidine rings is 1. The van der Waals surface area contributed by atoms with E-state index in [1.165, 1.54) is 0 Å². The second-order valence-corrected chi connectivity index (χ2v) is 5.15. The number of nitrogens with zero attached hydrogens (tertiary/aromatic N) is 2. The quantitative estimate of drug-likeness (QED) is 0.580. The van der Waals surface area contributed by atoms with E-state index in [1.807, 2.05) is 37.0 Å². The van der Waals surface area contributed by atoms with E-state index >= 15 is 0 Å². The second kappa shape index (κ2) is 6.75. The van der Waals surface area contributed by atoms with Crippen molar-refractivity contribution in [1.29, 1.82) is 0 Å². The largest absolute Gasteiger partial charge is 0.415 e. The molecule has 3 aliphatic rings. The van der Waals surface area contributed by atoms with Gasteiger partial charge >= 0.3 is 6.09 Å². The summed E-state index contributed by atoms with van der Waals surface area (Å²) in [6.45, 7) is 7.96. The van der Waals surface area contributed by atoms with Gasteiger partial charge in [0.2, 0.25) is 0 Å². The first-order chi connectivity index (χ1) is 9.24. The van der Waals surface area contributed by atoms with Gasteiger partial charge in [-0.05, 0) is 38.3 Å². The third-order valence-electron chi connectivity index (χ3n) is 3.83. The Morgan fingerprint density at radius 1 is 1.26 bits per heavy atom. The van der Waals surface area contributed by atoms with Crippen LogP contribution in [0.4, 0.5) is 4.79 Å². The smallest absolute Gasteiger partial charge is 0.411 e. The van der Waals surface area contributed by atoms with Crippen LogP contribution in [0, 0.1) is 0 Å². The molecule has 0 radical (unpaired) electrons. The van der Waals surface area contributed by atoms with E-state index in [2.05, 4.69) is 4.90 Å². The first-order valence-electron chi connectivity index (χ1n) is 7.28. The fourth-order valence-electron chi connectivity index (χ4n) is 2.80. The van der Waals surface area contributed by atoms with Gasteiger partial charge in [0.1, 0.15) is 5.76 Å². The lowest BCUT2D eigenvalue weighted by Crippen LogP contribution is -2.41. The van der Waals surface area contributed by atoms with Crippen LogP contribution in [-0.4, -0.2) is 48.1 Å². The minimum atomic E-state index is -0.188. The third kappa shape index (κ3) is 3.60. The van der Waals surface area contributed by atoms with E-state index in [0.29, 0.717) is 11.8 Å². The minimum absolute atomic E-state index is 0.188. The Hall–Kier alpha value is -1.29. The van der Waals surface area contributed by atoms with Gasteiger partial charge in [0.05, 0.1) is 0 Å². The van der Waals surface area contributed by atoms with Gasteiger partial charge in [0.15, 0.2) is 0 Å². The predicted octanol–water partition coefficient (Wildman–Crippen LogP) is 2.77. The highest BCUT2D eigenvalue weighted by Crippen LogP contribution is 2.22. The Kier molecular flexibility index (Phi) is 5.02. The lowest BCUT2D eigenvalue weighted by Gasteiger charge is -2.30. The number of allylic oxidation sites excluding steroid dienone is 3. The van der Waals surface area contributed by atoms with Crippen molar-refractivity contribution in [1.82, 2.24) is 9.80 Å². The number of ether oxygens (including phenoxy) is 1. The summed E-state index contributed by atoms with van der Waals surface area (Å²) >= 11 is 0. The molecular weight excluding hydrogens is 240 g/mol. The van der Waals surface area contributed by atoms with E-state index in [4.69, 9.17) is 4.74 Å². The van der Waals surface area contributed by atoms with E-state index in [0.717, 1.165) is 45.4 Å². The van der Waals surface area contributed by atoms with Crippen LogP contribution in [0.5, 0.6) is 0 Å². The molecule has 3 heterocycles. The molecule has 0 aromatic rings. The van der Waals surface area contributed by atoms with Crippen LogP contribution < -0.4 is 0 Å². The van der Waals surface area contributed by atoms with Gasteiger partial charge < -0.3 is 14.5 Å². The lowest BCUT2D eigenvalue weighted by atomic mass is 10.1. The summed E-state index contributed by atoms with van der Waals surface area (Å²) in [5.74, 6) is 0.661. The van der Waals surface area contributed by atoms with Gasteiger partial charge in [-0.15, -0.1) is 0 Å². The molecule has 3 saturated heterocycles. The van der Waals surface area contributed by atoms with Crippen LogP contribution in [0.2, 0.25) is 0 Å². The second-order valence-electron chi connectivity index (χ2n) is 5.15. The maximum Gasteiger partial charge on any atom is 0.415 e. The Morgan fingerprint density at radius 2 is 2.00 bits per heavy atom. The molecular formula is C15H24N2O2. The number of carbonyl (C=O) groups excluding carboxylic acids is 1. The first kappa shape index (κ1) is 14.1. The van der Waals surface area contributed by atoms with E-state index in [9.17, 15) is 4.79 Å².